The largest absolute Gasteiger partial charge is 0.461 e. The summed E-state index contributed by atoms with van der Waals surface area (Å²) in [6, 6.07) is 1.59. The smallest absolute Gasteiger partial charge is 0.354 e. The average Bonchev–Trinajstić information content (AvgIpc) is 2.72. The zero-order chi connectivity index (χ0) is 13.5. The predicted octanol–water partition coefficient (Wildman–Crippen LogP) is 3.56. The SMILES string of the molecule is CCCCCC(=O)c1cc(C(=O)OCC)[nH]c1I. The Labute approximate surface area is 121 Å². The molecule has 0 aromatic carbocycles. The number of unbranched alkanes of at least 4 members (excludes halogenated alkanes) is 2. The fourth-order valence-corrected chi connectivity index (χ4v) is 2.37. The third kappa shape index (κ3) is 4.12. The highest BCUT2D eigenvalue weighted by Gasteiger charge is 2.17. The number of carbonyl (C=O) groups excluding carboxylic acids is 2. The number of nitrogens with one attached hydrogen (secondary N) is 1. The van der Waals surface area contributed by atoms with Crippen LogP contribution >= 0.6 is 22.6 Å². The molecular formula is C13H18INO3. The molecule has 1 rings (SSSR count). The number of esters is 1. The lowest BCUT2D eigenvalue weighted by Gasteiger charge is -1.98. The van der Waals surface area contributed by atoms with Crippen molar-refractivity contribution in [1.82, 2.24) is 4.98 Å². The van der Waals surface area contributed by atoms with E-state index in [-0.39, 0.29) is 5.78 Å². The van der Waals surface area contributed by atoms with E-state index < -0.39 is 5.97 Å². The zero-order valence-electron chi connectivity index (χ0n) is 10.7. The molecule has 0 aliphatic heterocycles. The van der Waals surface area contributed by atoms with Crippen molar-refractivity contribution >= 4 is 34.3 Å². The lowest BCUT2D eigenvalue weighted by molar-refractivity contribution is 0.0520. The first-order valence-electron chi connectivity index (χ1n) is 6.19. The van der Waals surface area contributed by atoms with E-state index in [2.05, 4.69) is 11.9 Å². The average molecular weight is 363 g/mol. The van der Waals surface area contributed by atoms with Crippen LogP contribution in [-0.2, 0) is 4.74 Å². The lowest BCUT2D eigenvalue weighted by Crippen LogP contribution is -2.04. The Balaban J connectivity index is 2.71. The summed E-state index contributed by atoms with van der Waals surface area (Å²) in [5, 5.41) is 0. The first-order chi connectivity index (χ1) is 8.60. The summed E-state index contributed by atoms with van der Waals surface area (Å²) >= 11 is 2.04. The van der Waals surface area contributed by atoms with E-state index in [0.717, 1.165) is 19.3 Å². The number of rotatable bonds is 7. The Kier molecular flexibility index (Phi) is 6.38. The Morgan fingerprint density at radius 3 is 2.67 bits per heavy atom. The summed E-state index contributed by atoms with van der Waals surface area (Å²) in [7, 11) is 0. The monoisotopic (exact) mass is 363 g/mol. The second kappa shape index (κ2) is 7.56. The molecule has 0 unspecified atom stereocenters. The molecule has 1 N–H and O–H groups in total. The molecule has 1 heterocycles. The van der Waals surface area contributed by atoms with Gasteiger partial charge in [0.05, 0.1) is 10.3 Å². The third-order valence-electron chi connectivity index (χ3n) is 2.57. The van der Waals surface area contributed by atoms with Crippen LogP contribution in [0.1, 0.15) is 60.4 Å². The van der Waals surface area contributed by atoms with Crippen LogP contribution in [0.4, 0.5) is 0 Å². The molecule has 18 heavy (non-hydrogen) atoms. The molecule has 4 nitrogen and oxygen atoms in total. The van der Waals surface area contributed by atoms with Gasteiger partial charge in [0.25, 0.3) is 0 Å². The molecule has 0 spiro atoms. The number of ketones is 1. The summed E-state index contributed by atoms with van der Waals surface area (Å²) in [6.45, 7) is 4.18. The second-order valence-electron chi connectivity index (χ2n) is 4.01. The van der Waals surface area contributed by atoms with Crippen LogP contribution in [0.2, 0.25) is 0 Å². The minimum atomic E-state index is -0.414. The van der Waals surface area contributed by atoms with E-state index in [1.165, 1.54) is 0 Å². The third-order valence-corrected chi connectivity index (χ3v) is 3.42. The van der Waals surface area contributed by atoms with Crippen LogP contribution in [0.3, 0.4) is 0 Å². The molecule has 0 amide bonds. The number of aromatic nitrogens is 1. The maximum Gasteiger partial charge on any atom is 0.354 e. The summed E-state index contributed by atoms with van der Waals surface area (Å²) in [5.41, 5.74) is 0.940. The number of halogens is 1. The highest BCUT2D eigenvalue weighted by atomic mass is 127. The first-order valence-corrected chi connectivity index (χ1v) is 7.26. The van der Waals surface area contributed by atoms with Gasteiger partial charge in [-0.2, -0.15) is 0 Å². The van der Waals surface area contributed by atoms with Crippen LogP contribution < -0.4 is 0 Å². The van der Waals surface area contributed by atoms with E-state index in [9.17, 15) is 9.59 Å². The number of H-pyrrole nitrogens is 1. The molecule has 0 radical (unpaired) electrons. The van der Waals surface area contributed by atoms with E-state index in [1.807, 2.05) is 22.6 Å². The molecule has 0 atom stereocenters. The number of hydrogen-bond acceptors (Lipinski definition) is 3. The van der Waals surface area contributed by atoms with Gasteiger partial charge in [-0.1, -0.05) is 19.8 Å². The molecule has 100 valence electrons. The summed E-state index contributed by atoms with van der Waals surface area (Å²) < 4.78 is 5.60. The van der Waals surface area contributed by atoms with Gasteiger partial charge in [0.2, 0.25) is 0 Å². The molecule has 0 bridgehead atoms. The van der Waals surface area contributed by atoms with Crippen molar-refractivity contribution in [3.63, 3.8) is 0 Å². The first kappa shape index (κ1) is 15.2. The maximum absolute atomic E-state index is 12.0. The number of ether oxygens (including phenoxy) is 1. The highest BCUT2D eigenvalue weighted by Crippen LogP contribution is 2.17. The van der Waals surface area contributed by atoms with Crippen LogP contribution in [0.15, 0.2) is 6.07 Å². The van der Waals surface area contributed by atoms with E-state index in [1.54, 1.807) is 13.0 Å². The number of aromatic amines is 1. The summed E-state index contributed by atoms with van der Waals surface area (Å²) in [5.74, 6) is -0.331. The van der Waals surface area contributed by atoms with Crippen LogP contribution in [0.5, 0.6) is 0 Å². The van der Waals surface area contributed by atoms with Gasteiger partial charge < -0.3 is 9.72 Å². The summed E-state index contributed by atoms with van der Waals surface area (Å²) in [4.78, 5) is 26.4. The van der Waals surface area contributed by atoms with Crippen molar-refractivity contribution < 1.29 is 14.3 Å². The number of Topliss-reactive ketones (excluding diaryl/α,β-unsaturated/α-hetero) is 1. The van der Waals surface area contributed by atoms with Crippen molar-refractivity contribution in [2.75, 3.05) is 6.61 Å². The molecule has 1 aromatic heterocycles. The second-order valence-corrected chi connectivity index (χ2v) is 5.09. The standard InChI is InChI=1S/C13H18INO3/c1-3-5-6-7-11(16)9-8-10(15-12(9)14)13(17)18-4-2/h8,15H,3-7H2,1-2H3. The topological polar surface area (TPSA) is 59.2 Å². The Morgan fingerprint density at radius 1 is 1.33 bits per heavy atom. The van der Waals surface area contributed by atoms with Gasteiger partial charge in [-0.3, -0.25) is 4.79 Å². The van der Waals surface area contributed by atoms with Crippen molar-refractivity contribution in [1.29, 1.82) is 0 Å². The maximum atomic E-state index is 12.0. The van der Waals surface area contributed by atoms with Gasteiger partial charge >= 0.3 is 5.97 Å². The highest BCUT2D eigenvalue weighted by molar-refractivity contribution is 14.1. The normalized spacial score (nSPS) is 10.4. The van der Waals surface area contributed by atoms with Gasteiger partial charge in [0.1, 0.15) is 5.69 Å². The quantitative estimate of drug-likeness (QED) is 0.349. The molecule has 1 aromatic rings. The molecule has 5 heteroatoms. The molecule has 0 aliphatic rings. The lowest BCUT2D eigenvalue weighted by atomic mass is 10.1. The number of carbonyl (C=O) groups is 2. The summed E-state index contributed by atoms with van der Waals surface area (Å²) in [6.07, 6.45) is 3.57. The van der Waals surface area contributed by atoms with Crippen molar-refractivity contribution in [2.45, 2.75) is 39.5 Å². The van der Waals surface area contributed by atoms with E-state index in [4.69, 9.17) is 4.74 Å². The van der Waals surface area contributed by atoms with Crippen molar-refractivity contribution in [3.05, 3.63) is 21.0 Å². The number of hydrogen-bond donors (Lipinski definition) is 1. The zero-order valence-corrected chi connectivity index (χ0v) is 12.9. The Morgan fingerprint density at radius 2 is 2.06 bits per heavy atom. The van der Waals surface area contributed by atoms with Gasteiger partial charge in [-0.05, 0) is 42.0 Å². The van der Waals surface area contributed by atoms with E-state index >= 15 is 0 Å². The molecule has 0 saturated heterocycles. The van der Waals surface area contributed by atoms with Gasteiger partial charge in [-0.25, -0.2) is 4.79 Å². The minimum Gasteiger partial charge on any atom is -0.461 e. The van der Waals surface area contributed by atoms with Crippen molar-refractivity contribution in [3.8, 4) is 0 Å². The fraction of sp³-hybridized carbons (Fsp3) is 0.538. The van der Waals surface area contributed by atoms with Crippen LogP contribution in [0, 0.1) is 3.70 Å². The molecule has 0 saturated carbocycles. The molecule has 0 fully saturated rings. The van der Waals surface area contributed by atoms with Crippen molar-refractivity contribution in [2.24, 2.45) is 0 Å². The Hall–Kier alpha value is -0.850. The predicted molar refractivity (Wildman–Crippen MR) is 77.9 cm³/mol. The van der Waals surface area contributed by atoms with Gasteiger partial charge in [-0.15, -0.1) is 0 Å². The molecule has 0 aliphatic carbocycles. The van der Waals surface area contributed by atoms with Gasteiger partial charge in [0.15, 0.2) is 5.78 Å². The van der Waals surface area contributed by atoms with Gasteiger partial charge in [0, 0.05) is 12.0 Å². The van der Waals surface area contributed by atoms with Crippen LogP contribution in [-0.4, -0.2) is 23.3 Å². The minimum absolute atomic E-state index is 0.0830. The van der Waals surface area contributed by atoms with E-state index in [0.29, 0.717) is 28.0 Å². The molecular weight excluding hydrogens is 345 g/mol. The van der Waals surface area contributed by atoms with Crippen LogP contribution in [0.25, 0.3) is 0 Å². The fourth-order valence-electron chi connectivity index (χ4n) is 1.62. The Bertz CT molecular complexity index is 426.